The molecular weight excluding hydrogens is 627 g/mol. The van der Waals surface area contributed by atoms with Crippen LogP contribution in [0.2, 0.25) is 0 Å². The average Bonchev–Trinajstić information content (AvgIpc) is 3.49. The van der Waals surface area contributed by atoms with Gasteiger partial charge < -0.3 is 4.90 Å². The Kier molecular flexibility index (Phi) is 14.5. The summed E-state index contributed by atoms with van der Waals surface area (Å²) in [5, 5.41) is 0. The normalized spacial score (nSPS) is 15.7. The Morgan fingerprint density at radius 3 is 2.12 bits per heavy atom. The van der Waals surface area contributed by atoms with E-state index in [1.54, 1.807) is 0 Å². The van der Waals surface area contributed by atoms with Crippen molar-refractivity contribution in [3.8, 4) is 0 Å². The van der Waals surface area contributed by atoms with Crippen LogP contribution in [0.1, 0.15) is 127 Å². The minimum absolute atomic E-state index is 0.00642. The lowest BCUT2D eigenvalue weighted by molar-refractivity contribution is 0.0777. The number of hydrogen-bond acceptors (Lipinski definition) is 4. The quantitative estimate of drug-likeness (QED) is 0.0908. The summed E-state index contributed by atoms with van der Waals surface area (Å²) in [5.41, 5.74) is 14.2. The second kappa shape index (κ2) is 18.7. The molecule has 0 spiro atoms. The molecule has 1 fully saturated rings. The first-order valence-electron chi connectivity index (χ1n) is 19.3. The number of nitrogens with zero attached hydrogens (tertiary/aromatic N) is 3. The molecule has 0 aliphatic carbocycles. The van der Waals surface area contributed by atoms with Gasteiger partial charge in [0.2, 0.25) is 0 Å². The lowest BCUT2D eigenvalue weighted by Gasteiger charge is -2.20. The molecule has 0 radical (unpaired) electrons. The summed E-state index contributed by atoms with van der Waals surface area (Å²) in [7, 11) is 0. The summed E-state index contributed by atoms with van der Waals surface area (Å²) < 4.78 is 0. The molecule has 2 aliphatic rings. The molecule has 3 aromatic rings. The van der Waals surface area contributed by atoms with Crippen LogP contribution in [-0.4, -0.2) is 42.1 Å². The lowest BCUT2D eigenvalue weighted by Crippen LogP contribution is -2.35. The largest absolute Gasteiger partial charge is 0.326 e. The number of carbonyl (C=O) groups excluding carboxylic acids is 2. The van der Waals surface area contributed by atoms with Gasteiger partial charge in [-0.05, 0) is 133 Å². The number of benzene rings is 3. The van der Waals surface area contributed by atoms with Crippen molar-refractivity contribution < 1.29 is 9.59 Å². The fourth-order valence-electron chi connectivity index (χ4n) is 7.24. The van der Waals surface area contributed by atoms with Gasteiger partial charge >= 0.3 is 0 Å². The maximum absolute atomic E-state index is 13.5. The molecule has 5 heteroatoms. The molecule has 51 heavy (non-hydrogen) atoms. The molecule has 5 nitrogen and oxygen atoms in total. The van der Waals surface area contributed by atoms with E-state index >= 15 is 0 Å². The van der Waals surface area contributed by atoms with E-state index in [1.165, 1.54) is 44.5 Å². The molecule has 2 heterocycles. The van der Waals surface area contributed by atoms with Crippen LogP contribution < -0.4 is 0 Å². The summed E-state index contributed by atoms with van der Waals surface area (Å²) in [6, 6.07) is 15.5. The summed E-state index contributed by atoms with van der Waals surface area (Å²) in [6.45, 7) is 23.7. The highest BCUT2D eigenvalue weighted by Crippen LogP contribution is 2.33. The molecule has 2 atom stereocenters. The number of rotatable bonds is 15. The predicted molar refractivity (Wildman–Crippen MR) is 217 cm³/mol. The van der Waals surface area contributed by atoms with Crippen molar-refractivity contribution in [2.75, 3.05) is 6.54 Å². The van der Waals surface area contributed by atoms with E-state index in [0.29, 0.717) is 17.7 Å². The van der Waals surface area contributed by atoms with E-state index in [4.69, 9.17) is 9.98 Å². The zero-order chi connectivity index (χ0) is 37.1. The van der Waals surface area contributed by atoms with Crippen LogP contribution in [-0.2, 0) is 44.9 Å². The van der Waals surface area contributed by atoms with Gasteiger partial charge in [-0.15, -0.1) is 0 Å². The monoisotopic (exact) mass is 685 g/mol. The number of aldehydes is 1. The summed E-state index contributed by atoms with van der Waals surface area (Å²) in [4.78, 5) is 37.0. The molecule has 0 N–H and O–H groups in total. The summed E-state index contributed by atoms with van der Waals surface area (Å²) in [6.07, 6.45) is 13.9. The molecule has 5 rings (SSSR count). The molecule has 0 bridgehead atoms. The highest BCUT2D eigenvalue weighted by molar-refractivity contribution is 6.03. The standard InChI is InChI=1S/C44H53N3O2.C2H6/c1-8-29(5)16-30(6)25-45-42-23-37(35(10-3)21-39(42)28-48)14-12-33-18-32(9-2)19-34(20-33)13-15-38-24-43-41(22-36(38)11-4)44(49)47-27-31(7)17-40(47)26-46-43;1-2/h18-26,28,30,40H,5,7-17,27H2,1-4,6H3;1-2H3. The molecule has 0 saturated carbocycles. The smallest absolute Gasteiger partial charge is 0.256 e. The summed E-state index contributed by atoms with van der Waals surface area (Å²) >= 11 is 0. The van der Waals surface area contributed by atoms with Crippen LogP contribution >= 0.6 is 0 Å². The Bertz CT molecular complexity index is 1800. The minimum Gasteiger partial charge on any atom is -0.326 e. The Balaban J connectivity index is 0.00000286. The second-order valence-corrected chi connectivity index (χ2v) is 13.9. The average molecular weight is 686 g/mol. The van der Waals surface area contributed by atoms with Crippen LogP contribution in [0.4, 0.5) is 11.4 Å². The van der Waals surface area contributed by atoms with E-state index in [2.05, 4.69) is 84.2 Å². The van der Waals surface area contributed by atoms with Crippen LogP contribution in [0.5, 0.6) is 0 Å². The van der Waals surface area contributed by atoms with Gasteiger partial charge in [0.05, 0.1) is 23.0 Å². The van der Waals surface area contributed by atoms with E-state index < -0.39 is 0 Å². The molecule has 1 amide bonds. The minimum atomic E-state index is 0.00642. The van der Waals surface area contributed by atoms with Gasteiger partial charge in [0.15, 0.2) is 6.29 Å². The molecule has 270 valence electrons. The topological polar surface area (TPSA) is 62.1 Å². The highest BCUT2D eigenvalue weighted by Gasteiger charge is 2.33. The van der Waals surface area contributed by atoms with E-state index in [-0.39, 0.29) is 17.9 Å². The van der Waals surface area contributed by atoms with Crippen molar-refractivity contribution in [2.24, 2.45) is 15.9 Å². The third-order valence-electron chi connectivity index (χ3n) is 10.2. The Labute approximate surface area is 307 Å². The fraction of sp³-hybridized carbons (Fsp3) is 0.435. The summed E-state index contributed by atoms with van der Waals surface area (Å²) in [5.74, 6) is 0.334. The van der Waals surface area contributed by atoms with Crippen molar-refractivity contribution in [3.05, 3.63) is 117 Å². The Morgan fingerprint density at radius 2 is 1.51 bits per heavy atom. The van der Waals surface area contributed by atoms with Crippen molar-refractivity contribution in [3.63, 3.8) is 0 Å². The number of carbonyl (C=O) groups is 2. The van der Waals surface area contributed by atoms with Crippen LogP contribution in [0.15, 0.2) is 76.8 Å². The molecule has 1 saturated heterocycles. The van der Waals surface area contributed by atoms with Crippen LogP contribution in [0.25, 0.3) is 0 Å². The van der Waals surface area contributed by atoms with Gasteiger partial charge in [0, 0.05) is 24.5 Å². The molecular formula is C46H59N3O2. The van der Waals surface area contributed by atoms with Crippen molar-refractivity contribution in [1.82, 2.24) is 4.90 Å². The van der Waals surface area contributed by atoms with Gasteiger partial charge in [0.1, 0.15) is 0 Å². The third-order valence-corrected chi connectivity index (χ3v) is 10.2. The first-order valence-corrected chi connectivity index (χ1v) is 19.3. The van der Waals surface area contributed by atoms with E-state index in [0.717, 1.165) is 87.4 Å². The highest BCUT2D eigenvalue weighted by atomic mass is 16.2. The number of hydrogen-bond donors (Lipinski definition) is 0. The molecule has 3 aromatic carbocycles. The molecule has 0 aromatic heterocycles. The SMILES string of the molecule is C=C(CC)CC(C)C=Nc1cc(CCc2cc(CC)cc(CCc3cc4c(cc3CC)C(=O)N3CC(=C)CC3C=N4)c2)c(CC)cc1C=O.CC. The number of amides is 1. The third kappa shape index (κ3) is 9.90. The van der Waals surface area contributed by atoms with E-state index in [9.17, 15) is 9.59 Å². The number of allylic oxidation sites excluding steroid dienone is 1. The maximum atomic E-state index is 13.5. The van der Waals surface area contributed by atoms with Gasteiger partial charge in [-0.1, -0.05) is 91.0 Å². The lowest BCUT2D eigenvalue weighted by atomic mass is 9.91. The zero-order valence-electron chi connectivity index (χ0n) is 32.3. The Hall–Kier alpha value is -4.38. The van der Waals surface area contributed by atoms with Gasteiger partial charge in [-0.3, -0.25) is 19.6 Å². The number of aliphatic imine (C=N–C) groups is 2. The van der Waals surface area contributed by atoms with Crippen LogP contribution in [0.3, 0.4) is 0 Å². The number of fused-ring (bicyclic) bond motifs is 2. The maximum Gasteiger partial charge on any atom is 0.256 e. The fourth-order valence-corrected chi connectivity index (χ4v) is 7.24. The van der Waals surface area contributed by atoms with Gasteiger partial charge in [-0.2, -0.15) is 0 Å². The van der Waals surface area contributed by atoms with Crippen molar-refractivity contribution in [1.29, 1.82) is 0 Å². The van der Waals surface area contributed by atoms with Crippen LogP contribution in [0, 0.1) is 5.92 Å². The zero-order valence-corrected chi connectivity index (χ0v) is 32.3. The Morgan fingerprint density at radius 1 is 0.882 bits per heavy atom. The second-order valence-electron chi connectivity index (χ2n) is 13.9. The first kappa shape index (κ1) is 39.4. The van der Waals surface area contributed by atoms with Crippen molar-refractivity contribution >= 4 is 36.0 Å². The molecule has 2 unspecified atom stereocenters. The first-order chi connectivity index (χ1) is 24.7. The van der Waals surface area contributed by atoms with Crippen molar-refractivity contribution in [2.45, 2.75) is 119 Å². The molecule has 2 aliphatic heterocycles. The van der Waals surface area contributed by atoms with Gasteiger partial charge in [-0.25, -0.2) is 0 Å². The van der Waals surface area contributed by atoms with Gasteiger partial charge in [0.25, 0.3) is 5.91 Å². The number of aryl methyl sites for hydroxylation is 7. The van der Waals surface area contributed by atoms with E-state index in [1.807, 2.05) is 37.2 Å². The predicted octanol–water partition coefficient (Wildman–Crippen LogP) is 11.0.